The first-order valence-corrected chi connectivity index (χ1v) is 11.4. The number of hydrogen-bond donors (Lipinski definition) is 1. The zero-order chi connectivity index (χ0) is 21.5. The number of carbonyl (C=O) groups is 2. The maximum atomic E-state index is 13.1. The van der Waals surface area contributed by atoms with Crippen molar-refractivity contribution in [1.82, 2.24) is 14.0 Å². The van der Waals surface area contributed by atoms with Crippen LogP contribution in [0.3, 0.4) is 0 Å². The van der Waals surface area contributed by atoms with Crippen molar-refractivity contribution in [1.29, 1.82) is 0 Å². The topological polar surface area (TPSA) is 77.6 Å². The first kappa shape index (κ1) is 19.8. The van der Waals surface area contributed by atoms with Gasteiger partial charge in [0.15, 0.2) is 5.69 Å². The lowest BCUT2D eigenvalue weighted by Gasteiger charge is -2.13. The summed E-state index contributed by atoms with van der Waals surface area (Å²) >= 11 is 1.72. The van der Waals surface area contributed by atoms with Crippen molar-refractivity contribution >= 4 is 44.8 Å². The molecule has 1 N–H and O–H groups in total. The SMILES string of the molecule is CCOC(=O)c1c(NC(C)=O)c2c3c(sc2n1Cc1cn2ccccc2n1)CCCC3. The molecule has 1 amide bonds. The third-order valence-corrected chi connectivity index (χ3v) is 6.97. The predicted octanol–water partition coefficient (Wildman–Crippen LogP) is 4.41. The quantitative estimate of drug-likeness (QED) is 0.470. The van der Waals surface area contributed by atoms with Crippen molar-refractivity contribution in [2.45, 2.75) is 46.1 Å². The standard InChI is InChI=1S/C23H24N4O3S/c1-3-30-23(29)21-20(24-14(2)28)19-16-8-4-5-9-17(16)31-22(19)27(21)13-15-12-26-11-7-6-10-18(26)25-15/h6-7,10-12H,3-5,8-9,13H2,1-2H3,(H,24,28). The van der Waals surface area contributed by atoms with E-state index < -0.39 is 5.97 Å². The first-order chi connectivity index (χ1) is 15.1. The Morgan fingerprint density at radius 1 is 1.26 bits per heavy atom. The second-order valence-corrected chi connectivity index (χ2v) is 8.88. The number of aromatic nitrogens is 3. The van der Waals surface area contributed by atoms with Crippen LogP contribution in [-0.4, -0.2) is 32.4 Å². The van der Waals surface area contributed by atoms with Crippen molar-refractivity contribution in [3.8, 4) is 0 Å². The number of imidazole rings is 1. The van der Waals surface area contributed by atoms with E-state index in [0.29, 0.717) is 17.9 Å². The van der Waals surface area contributed by atoms with E-state index in [-0.39, 0.29) is 12.5 Å². The van der Waals surface area contributed by atoms with Gasteiger partial charge in [-0.05, 0) is 50.3 Å². The molecule has 7 nitrogen and oxygen atoms in total. The molecule has 0 unspecified atom stereocenters. The van der Waals surface area contributed by atoms with Crippen molar-refractivity contribution in [2.24, 2.45) is 0 Å². The van der Waals surface area contributed by atoms with Crippen molar-refractivity contribution in [3.05, 3.63) is 52.4 Å². The number of nitrogens with one attached hydrogen (secondary N) is 1. The van der Waals surface area contributed by atoms with E-state index >= 15 is 0 Å². The summed E-state index contributed by atoms with van der Waals surface area (Å²) < 4.78 is 9.34. The van der Waals surface area contributed by atoms with Gasteiger partial charge >= 0.3 is 5.97 Å². The van der Waals surface area contributed by atoms with Gasteiger partial charge in [-0.2, -0.15) is 0 Å². The van der Waals surface area contributed by atoms with Crippen molar-refractivity contribution in [3.63, 3.8) is 0 Å². The van der Waals surface area contributed by atoms with Gasteiger partial charge in [-0.1, -0.05) is 6.07 Å². The molecule has 0 saturated carbocycles. The Kier molecular flexibility index (Phi) is 5.02. The van der Waals surface area contributed by atoms with Crippen LogP contribution in [0.1, 0.15) is 53.3 Å². The number of esters is 1. The first-order valence-electron chi connectivity index (χ1n) is 10.6. The zero-order valence-corrected chi connectivity index (χ0v) is 18.4. The normalized spacial score (nSPS) is 13.5. The molecule has 0 fully saturated rings. The van der Waals surface area contributed by atoms with E-state index in [0.717, 1.165) is 40.8 Å². The predicted molar refractivity (Wildman–Crippen MR) is 121 cm³/mol. The second kappa shape index (κ2) is 7.85. The fourth-order valence-corrected chi connectivity index (χ4v) is 5.84. The van der Waals surface area contributed by atoms with E-state index in [1.807, 2.05) is 39.6 Å². The molecule has 4 heterocycles. The Labute approximate surface area is 183 Å². The Balaban J connectivity index is 1.73. The molecule has 8 heteroatoms. The number of aryl methyl sites for hydroxylation is 2. The molecule has 0 saturated heterocycles. The van der Waals surface area contributed by atoms with Crippen LogP contribution < -0.4 is 5.32 Å². The number of carbonyl (C=O) groups excluding carboxylic acids is 2. The van der Waals surface area contributed by atoms with Crippen LogP contribution in [0.4, 0.5) is 5.69 Å². The van der Waals surface area contributed by atoms with Crippen LogP contribution in [0.5, 0.6) is 0 Å². The number of amides is 1. The molecule has 0 spiro atoms. The van der Waals surface area contributed by atoms with E-state index in [9.17, 15) is 9.59 Å². The Hall–Kier alpha value is -3.13. The van der Waals surface area contributed by atoms with Gasteiger partial charge in [0, 0.05) is 29.6 Å². The number of ether oxygens (including phenoxy) is 1. The molecule has 0 radical (unpaired) electrons. The fourth-order valence-electron chi connectivity index (χ4n) is 4.44. The lowest BCUT2D eigenvalue weighted by Crippen LogP contribution is -2.17. The summed E-state index contributed by atoms with van der Waals surface area (Å²) in [5.74, 6) is -0.629. The van der Waals surface area contributed by atoms with Crippen molar-refractivity contribution < 1.29 is 14.3 Å². The highest BCUT2D eigenvalue weighted by atomic mass is 32.1. The highest BCUT2D eigenvalue weighted by Crippen LogP contribution is 2.44. The Bertz CT molecular complexity index is 1280. The second-order valence-electron chi connectivity index (χ2n) is 7.80. The summed E-state index contributed by atoms with van der Waals surface area (Å²) in [5, 5.41) is 3.93. The van der Waals surface area contributed by atoms with Gasteiger partial charge in [0.05, 0.1) is 24.5 Å². The molecule has 0 aliphatic heterocycles. The number of fused-ring (bicyclic) bond motifs is 4. The van der Waals surface area contributed by atoms with Gasteiger partial charge in [-0.25, -0.2) is 9.78 Å². The summed E-state index contributed by atoms with van der Waals surface area (Å²) in [6, 6.07) is 5.86. The summed E-state index contributed by atoms with van der Waals surface area (Å²) in [6.45, 7) is 3.95. The van der Waals surface area contributed by atoms with E-state index in [2.05, 4.69) is 5.32 Å². The van der Waals surface area contributed by atoms with Crippen LogP contribution in [0.2, 0.25) is 0 Å². The number of rotatable bonds is 5. The molecular formula is C23H24N4O3S. The number of anilines is 1. The number of hydrogen-bond acceptors (Lipinski definition) is 5. The maximum absolute atomic E-state index is 13.1. The van der Waals surface area contributed by atoms with Crippen LogP contribution in [-0.2, 0) is 28.9 Å². The summed E-state index contributed by atoms with van der Waals surface area (Å²) in [4.78, 5) is 32.2. The van der Waals surface area contributed by atoms with Gasteiger partial charge in [0.2, 0.25) is 5.91 Å². The molecule has 0 atom stereocenters. The molecule has 4 aromatic heterocycles. The smallest absolute Gasteiger partial charge is 0.357 e. The summed E-state index contributed by atoms with van der Waals surface area (Å²) in [6.07, 6.45) is 8.21. The third kappa shape index (κ3) is 3.40. The van der Waals surface area contributed by atoms with Crippen LogP contribution >= 0.6 is 11.3 Å². The molecule has 1 aliphatic rings. The average molecular weight is 437 g/mol. The molecule has 31 heavy (non-hydrogen) atoms. The van der Waals surface area contributed by atoms with Gasteiger partial charge in [0.25, 0.3) is 0 Å². The summed E-state index contributed by atoms with van der Waals surface area (Å²) in [7, 11) is 0. The summed E-state index contributed by atoms with van der Waals surface area (Å²) in [5.41, 5.74) is 3.92. The monoisotopic (exact) mass is 436 g/mol. The Morgan fingerprint density at radius 2 is 2.10 bits per heavy atom. The number of thiophene rings is 1. The third-order valence-electron chi connectivity index (χ3n) is 5.66. The van der Waals surface area contributed by atoms with Crippen LogP contribution in [0.25, 0.3) is 15.9 Å². The van der Waals surface area contributed by atoms with E-state index in [1.165, 1.54) is 23.8 Å². The molecule has 0 bridgehead atoms. The van der Waals surface area contributed by atoms with Gasteiger partial charge in [-0.3, -0.25) is 4.79 Å². The minimum Gasteiger partial charge on any atom is -0.461 e. The molecule has 160 valence electrons. The molecule has 1 aliphatic carbocycles. The van der Waals surface area contributed by atoms with Crippen LogP contribution in [0.15, 0.2) is 30.6 Å². The van der Waals surface area contributed by atoms with Gasteiger partial charge in [-0.15, -0.1) is 11.3 Å². The molecular weight excluding hydrogens is 412 g/mol. The minimum absolute atomic E-state index is 0.201. The maximum Gasteiger partial charge on any atom is 0.357 e. The highest BCUT2D eigenvalue weighted by Gasteiger charge is 2.30. The van der Waals surface area contributed by atoms with E-state index in [1.54, 1.807) is 18.3 Å². The van der Waals surface area contributed by atoms with Crippen LogP contribution in [0, 0.1) is 0 Å². The average Bonchev–Trinajstić information content (AvgIpc) is 3.40. The molecule has 4 aromatic rings. The largest absolute Gasteiger partial charge is 0.461 e. The molecule has 5 rings (SSSR count). The lowest BCUT2D eigenvalue weighted by molar-refractivity contribution is -0.114. The van der Waals surface area contributed by atoms with Crippen molar-refractivity contribution in [2.75, 3.05) is 11.9 Å². The molecule has 0 aromatic carbocycles. The number of nitrogens with zero attached hydrogens (tertiary/aromatic N) is 3. The minimum atomic E-state index is -0.428. The Morgan fingerprint density at radius 3 is 2.87 bits per heavy atom. The zero-order valence-electron chi connectivity index (χ0n) is 17.6. The van der Waals surface area contributed by atoms with Gasteiger partial charge < -0.3 is 19.0 Å². The van der Waals surface area contributed by atoms with E-state index in [4.69, 9.17) is 9.72 Å². The highest BCUT2D eigenvalue weighted by molar-refractivity contribution is 7.19. The lowest BCUT2D eigenvalue weighted by atomic mass is 9.96. The van der Waals surface area contributed by atoms with Gasteiger partial charge in [0.1, 0.15) is 10.5 Å². The fraction of sp³-hybridized carbons (Fsp3) is 0.348. The number of pyridine rings is 1.